The molecular weight excluding hydrogens is 496 g/mol. The van der Waals surface area contributed by atoms with E-state index in [1.54, 1.807) is 13.8 Å². The Labute approximate surface area is 184 Å². The monoisotopic (exact) mass is 500 g/mol. The van der Waals surface area contributed by atoms with Crippen molar-refractivity contribution < 1.29 is 10.2 Å². The Kier molecular flexibility index (Phi) is 6.42. The van der Waals surface area contributed by atoms with Gasteiger partial charge in [-0.1, -0.05) is 107 Å². The molecule has 0 saturated carbocycles. The van der Waals surface area contributed by atoms with Gasteiger partial charge in [0.25, 0.3) is 0 Å². The summed E-state index contributed by atoms with van der Waals surface area (Å²) in [4.78, 5) is 0. The predicted molar refractivity (Wildman–Crippen MR) is 108 cm³/mol. The highest BCUT2D eigenvalue weighted by Crippen LogP contribution is 2.56. The summed E-state index contributed by atoms with van der Waals surface area (Å²) in [7, 11) is 0. The fraction of sp³-hybridized carbons (Fsp3) is 0.200. The third kappa shape index (κ3) is 3.34. The van der Waals surface area contributed by atoms with E-state index < -0.39 is 16.9 Å². The number of hydrogen-bond donors (Lipinski definition) is 2. The summed E-state index contributed by atoms with van der Waals surface area (Å²) in [6.45, 7) is 3.21. The van der Waals surface area contributed by atoms with Crippen LogP contribution in [-0.4, -0.2) is 10.2 Å². The summed E-state index contributed by atoms with van der Waals surface area (Å²) in [5, 5.41) is 20.1. The fourth-order valence-corrected chi connectivity index (χ4v) is 4.66. The first kappa shape index (κ1) is 21.7. The van der Waals surface area contributed by atoms with Crippen LogP contribution in [0.4, 0.5) is 0 Å². The average molecular weight is 504 g/mol. The van der Waals surface area contributed by atoms with Crippen molar-refractivity contribution in [2.45, 2.75) is 19.3 Å². The fourth-order valence-electron chi connectivity index (χ4n) is 2.51. The highest BCUT2D eigenvalue weighted by Gasteiger charge is 2.38. The Balaban J connectivity index is 2.96. The number of hydrogen-bond acceptors (Lipinski definition) is 2. The van der Waals surface area contributed by atoms with E-state index in [2.05, 4.69) is 0 Å². The molecule has 0 atom stereocenters. The number of halogens is 8. The average Bonchev–Trinajstić information content (AvgIpc) is 2.54. The third-order valence-corrected chi connectivity index (χ3v) is 7.32. The summed E-state index contributed by atoms with van der Waals surface area (Å²) >= 11 is 48.7. The zero-order valence-electron chi connectivity index (χ0n) is 12.4. The quantitative estimate of drug-likeness (QED) is 0.318. The Morgan fingerprint density at radius 1 is 0.480 bits per heavy atom. The molecule has 0 aliphatic heterocycles. The molecule has 2 nitrogen and oxygen atoms in total. The van der Waals surface area contributed by atoms with Crippen molar-refractivity contribution in [2.24, 2.45) is 0 Å². The van der Waals surface area contributed by atoms with Gasteiger partial charge in [0, 0.05) is 16.5 Å². The van der Waals surface area contributed by atoms with Crippen molar-refractivity contribution >= 4 is 92.8 Å². The van der Waals surface area contributed by atoms with Crippen molar-refractivity contribution in [1.82, 2.24) is 0 Å². The lowest BCUT2D eigenvalue weighted by Gasteiger charge is -2.31. The zero-order chi connectivity index (χ0) is 19.4. The second kappa shape index (κ2) is 7.41. The second-order valence-corrected chi connectivity index (χ2v) is 8.61. The highest BCUT2D eigenvalue weighted by atomic mass is 35.5. The van der Waals surface area contributed by atoms with Crippen molar-refractivity contribution in [1.29, 1.82) is 0 Å². The van der Waals surface area contributed by atoms with Crippen molar-refractivity contribution in [2.75, 3.05) is 0 Å². The third-order valence-electron chi connectivity index (χ3n) is 3.73. The molecule has 2 aromatic rings. The SMILES string of the molecule is CC(C)(c1c(O)c(Cl)c(Cl)c(Cl)c1Cl)c1c(O)c(Cl)c(Cl)c(Cl)c1Cl. The first-order valence-corrected chi connectivity index (χ1v) is 9.48. The minimum atomic E-state index is -1.22. The first-order valence-electron chi connectivity index (χ1n) is 6.46. The Morgan fingerprint density at radius 3 is 1.00 bits per heavy atom. The van der Waals surface area contributed by atoms with Gasteiger partial charge < -0.3 is 10.2 Å². The summed E-state index contributed by atoms with van der Waals surface area (Å²) in [5.41, 5.74) is -1.06. The van der Waals surface area contributed by atoms with Gasteiger partial charge in [0.15, 0.2) is 0 Å². The van der Waals surface area contributed by atoms with E-state index in [0.29, 0.717) is 0 Å². The normalized spacial score (nSPS) is 11.9. The molecule has 2 rings (SSSR count). The topological polar surface area (TPSA) is 40.5 Å². The first-order chi connectivity index (χ1) is 11.4. The molecule has 0 unspecified atom stereocenters. The van der Waals surface area contributed by atoms with E-state index >= 15 is 0 Å². The number of phenolic OH excluding ortho intramolecular Hbond substituents is 2. The molecular formula is C15H8Cl8O2. The van der Waals surface area contributed by atoms with Crippen LogP contribution in [0.1, 0.15) is 25.0 Å². The van der Waals surface area contributed by atoms with Crippen LogP contribution in [0.3, 0.4) is 0 Å². The number of aromatic hydroxyl groups is 2. The lowest BCUT2D eigenvalue weighted by atomic mass is 9.77. The highest BCUT2D eigenvalue weighted by molar-refractivity contribution is 6.53. The van der Waals surface area contributed by atoms with E-state index in [-0.39, 0.29) is 51.3 Å². The molecule has 0 aromatic heterocycles. The standard InChI is InChI=1S/C15H8Cl8O2/c1-15(2,3-5(16)7(18)9(20)11(22)13(3)24)4-6(17)8(19)10(21)12(23)14(4)25/h24-25H,1-2H3. The van der Waals surface area contributed by atoms with Crippen molar-refractivity contribution in [3.05, 3.63) is 51.3 Å². The van der Waals surface area contributed by atoms with Crippen molar-refractivity contribution in [3.63, 3.8) is 0 Å². The maximum Gasteiger partial charge on any atom is 0.141 e. The van der Waals surface area contributed by atoms with E-state index in [0.717, 1.165) is 0 Å². The molecule has 10 heteroatoms. The van der Waals surface area contributed by atoms with Gasteiger partial charge in [-0.15, -0.1) is 0 Å². The summed E-state index contributed by atoms with van der Waals surface area (Å²) in [6, 6.07) is 0. The van der Waals surface area contributed by atoms with Gasteiger partial charge in [0.05, 0.1) is 30.1 Å². The van der Waals surface area contributed by atoms with Crippen LogP contribution in [0.5, 0.6) is 11.5 Å². The lowest BCUT2D eigenvalue weighted by molar-refractivity contribution is 0.436. The smallest absolute Gasteiger partial charge is 0.141 e. The molecule has 0 heterocycles. The van der Waals surface area contributed by atoms with Crippen LogP contribution in [0, 0.1) is 0 Å². The van der Waals surface area contributed by atoms with Crippen molar-refractivity contribution in [3.8, 4) is 11.5 Å². The molecule has 0 aliphatic rings. The van der Waals surface area contributed by atoms with Gasteiger partial charge in [-0.3, -0.25) is 0 Å². The van der Waals surface area contributed by atoms with E-state index in [4.69, 9.17) is 92.8 Å². The molecule has 0 saturated heterocycles. The van der Waals surface area contributed by atoms with Gasteiger partial charge in [-0.2, -0.15) is 0 Å². The minimum Gasteiger partial charge on any atom is -0.506 e. The van der Waals surface area contributed by atoms with Crippen LogP contribution in [0.25, 0.3) is 0 Å². The van der Waals surface area contributed by atoms with Crippen LogP contribution in [0.15, 0.2) is 0 Å². The number of benzene rings is 2. The van der Waals surface area contributed by atoms with Crippen LogP contribution >= 0.6 is 92.8 Å². The molecule has 0 radical (unpaired) electrons. The van der Waals surface area contributed by atoms with Gasteiger partial charge in [-0.05, 0) is 0 Å². The molecule has 0 aliphatic carbocycles. The van der Waals surface area contributed by atoms with Crippen LogP contribution < -0.4 is 0 Å². The summed E-state index contributed by atoms with van der Waals surface area (Å²) in [6.07, 6.45) is 0. The Hall–Kier alpha value is 0.360. The lowest BCUT2D eigenvalue weighted by Crippen LogP contribution is -2.21. The molecule has 0 amide bonds. The van der Waals surface area contributed by atoms with Crippen LogP contribution in [-0.2, 0) is 5.41 Å². The second-order valence-electron chi connectivity index (χ2n) is 5.58. The minimum absolute atomic E-state index is 0.0590. The largest absolute Gasteiger partial charge is 0.506 e. The predicted octanol–water partition coefficient (Wildman–Crippen LogP) is 8.65. The van der Waals surface area contributed by atoms with Gasteiger partial charge in [0.1, 0.15) is 21.5 Å². The molecule has 2 N–H and O–H groups in total. The molecule has 0 fully saturated rings. The number of phenols is 2. The molecule has 0 spiro atoms. The molecule has 0 bridgehead atoms. The molecule has 2 aromatic carbocycles. The van der Waals surface area contributed by atoms with Crippen LogP contribution in [0.2, 0.25) is 40.2 Å². The van der Waals surface area contributed by atoms with Gasteiger partial charge in [0.2, 0.25) is 0 Å². The maximum atomic E-state index is 10.5. The zero-order valence-corrected chi connectivity index (χ0v) is 18.5. The summed E-state index contributed by atoms with van der Waals surface area (Å²) in [5.74, 6) is -0.826. The molecule has 136 valence electrons. The summed E-state index contributed by atoms with van der Waals surface area (Å²) < 4.78 is 0. The van der Waals surface area contributed by atoms with Gasteiger partial charge in [-0.25, -0.2) is 0 Å². The molecule has 25 heavy (non-hydrogen) atoms. The van der Waals surface area contributed by atoms with E-state index in [1.807, 2.05) is 0 Å². The van der Waals surface area contributed by atoms with E-state index in [1.165, 1.54) is 0 Å². The Bertz CT molecular complexity index is 763. The number of rotatable bonds is 2. The Morgan fingerprint density at radius 2 is 0.720 bits per heavy atom. The van der Waals surface area contributed by atoms with E-state index in [9.17, 15) is 10.2 Å². The maximum absolute atomic E-state index is 10.5. The van der Waals surface area contributed by atoms with Gasteiger partial charge >= 0.3 is 0 Å².